The molecule has 0 bridgehead atoms. The molecule has 0 aromatic carbocycles. The molecule has 1 rings (SSSR count). The van der Waals surface area contributed by atoms with E-state index in [2.05, 4.69) is 44.1 Å². The Morgan fingerprint density at radius 1 is 1.31 bits per heavy atom. The largest absolute Gasteiger partial charge is 0.310 e. The van der Waals surface area contributed by atoms with Crippen LogP contribution in [0.3, 0.4) is 0 Å². The highest BCUT2D eigenvalue weighted by molar-refractivity contribution is 5.22. The lowest BCUT2D eigenvalue weighted by Gasteiger charge is -2.20. The monoisotopic (exact) mass is 220 g/mol. The summed E-state index contributed by atoms with van der Waals surface area (Å²) in [4.78, 5) is 4.37. The van der Waals surface area contributed by atoms with E-state index in [0.717, 1.165) is 18.2 Å². The maximum atomic E-state index is 4.37. The van der Waals surface area contributed by atoms with Crippen LogP contribution >= 0.6 is 0 Å². The van der Waals surface area contributed by atoms with Crippen LogP contribution in [0.5, 0.6) is 0 Å². The molecule has 0 saturated carbocycles. The highest BCUT2D eigenvalue weighted by atomic mass is 14.9. The van der Waals surface area contributed by atoms with Crippen molar-refractivity contribution in [1.29, 1.82) is 0 Å². The second kappa shape index (κ2) is 6.64. The maximum absolute atomic E-state index is 4.37. The van der Waals surface area contributed by atoms with Gasteiger partial charge in [-0.3, -0.25) is 4.98 Å². The van der Waals surface area contributed by atoms with Gasteiger partial charge in [0.25, 0.3) is 0 Å². The van der Waals surface area contributed by atoms with Crippen molar-refractivity contribution < 1.29 is 0 Å². The third-order valence-corrected chi connectivity index (χ3v) is 2.91. The fourth-order valence-corrected chi connectivity index (χ4v) is 1.98. The van der Waals surface area contributed by atoms with Crippen LogP contribution in [-0.2, 0) is 0 Å². The third kappa shape index (κ3) is 3.93. The second-order valence-corrected chi connectivity index (χ2v) is 4.76. The van der Waals surface area contributed by atoms with Crippen LogP contribution in [0.1, 0.15) is 50.9 Å². The van der Waals surface area contributed by atoms with Crippen molar-refractivity contribution in [3.8, 4) is 0 Å². The Hall–Kier alpha value is -0.890. The highest BCUT2D eigenvalue weighted by Gasteiger charge is 2.13. The Morgan fingerprint density at radius 2 is 2.06 bits per heavy atom. The molecule has 0 aliphatic carbocycles. The molecule has 0 amide bonds. The summed E-state index contributed by atoms with van der Waals surface area (Å²) in [5, 5.41) is 3.56. The Bertz CT molecular complexity index is 307. The molecule has 0 fully saturated rings. The van der Waals surface area contributed by atoms with Crippen LogP contribution in [0.15, 0.2) is 18.3 Å². The van der Waals surface area contributed by atoms with E-state index >= 15 is 0 Å². The fourth-order valence-electron chi connectivity index (χ4n) is 1.98. The number of rotatable bonds is 6. The minimum atomic E-state index is 0.459. The van der Waals surface area contributed by atoms with Crippen molar-refractivity contribution in [3.05, 3.63) is 29.6 Å². The molecule has 2 heteroatoms. The predicted octanol–water partition coefficient (Wildman–Crippen LogP) is 3.48. The van der Waals surface area contributed by atoms with Gasteiger partial charge in [0.2, 0.25) is 0 Å². The van der Waals surface area contributed by atoms with Crippen molar-refractivity contribution in [1.82, 2.24) is 10.3 Å². The van der Waals surface area contributed by atoms with Gasteiger partial charge in [-0.05, 0) is 43.9 Å². The summed E-state index contributed by atoms with van der Waals surface area (Å²) in [6.07, 6.45) is 4.31. The van der Waals surface area contributed by atoms with Gasteiger partial charge in [0.15, 0.2) is 0 Å². The first-order chi connectivity index (χ1) is 7.65. The molecule has 16 heavy (non-hydrogen) atoms. The van der Waals surface area contributed by atoms with Gasteiger partial charge in [-0.2, -0.15) is 0 Å². The summed E-state index contributed by atoms with van der Waals surface area (Å²) in [5.41, 5.74) is 2.50. The zero-order chi connectivity index (χ0) is 12.0. The summed E-state index contributed by atoms with van der Waals surface area (Å²) < 4.78 is 0. The Labute approximate surface area is 99.5 Å². The normalized spacial score (nSPS) is 13.1. The van der Waals surface area contributed by atoms with Crippen LogP contribution in [-0.4, -0.2) is 11.5 Å². The van der Waals surface area contributed by atoms with Gasteiger partial charge in [0, 0.05) is 17.9 Å². The third-order valence-electron chi connectivity index (χ3n) is 2.91. The molecule has 1 atom stereocenters. The van der Waals surface area contributed by atoms with Crippen LogP contribution in [0.4, 0.5) is 0 Å². The zero-order valence-corrected chi connectivity index (χ0v) is 11.0. The van der Waals surface area contributed by atoms with Crippen molar-refractivity contribution in [2.75, 3.05) is 6.54 Å². The molecule has 2 nitrogen and oxygen atoms in total. The molecule has 0 aliphatic rings. The van der Waals surface area contributed by atoms with Gasteiger partial charge in [-0.15, -0.1) is 0 Å². The fraction of sp³-hybridized carbons (Fsp3) is 0.643. The quantitative estimate of drug-likeness (QED) is 0.794. The molecular weight excluding hydrogens is 196 g/mol. The van der Waals surface area contributed by atoms with Crippen molar-refractivity contribution in [2.24, 2.45) is 5.92 Å². The number of pyridine rings is 1. The van der Waals surface area contributed by atoms with Crippen molar-refractivity contribution in [3.63, 3.8) is 0 Å². The number of aromatic nitrogens is 1. The molecule has 90 valence electrons. The minimum absolute atomic E-state index is 0.459. The molecular formula is C14H24N2. The standard InChI is InChI=1S/C14H24N2/c1-5-15-14(9-8-11(2)3)13-7-6-10-16-12(13)4/h6-7,10-11,14-15H,5,8-9H2,1-4H3. The summed E-state index contributed by atoms with van der Waals surface area (Å²) in [6, 6.07) is 4.68. The number of hydrogen-bond acceptors (Lipinski definition) is 2. The first-order valence-electron chi connectivity index (χ1n) is 6.30. The average molecular weight is 220 g/mol. The molecule has 1 heterocycles. The molecule has 1 aromatic heterocycles. The molecule has 1 unspecified atom stereocenters. The first-order valence-corrected chi connectivity index (χ1v) is 6.30. The molecule has 1 N–H and O–H groups in total. The molecule has 0 radical (unpaired) electrons. The number of nitrogens with zero attached hydrogens (tertiary/aromatic N) is 1. The van der Waals surface area contributed by atoms with Gasteiger partial charge in [-0.1, -0.05) is 26.8 Å². The smallest absolute Gasteiger partial charge is 0.0420 e. The lowest BCUT2D eigenvalue weighted by atomic mass is 9.97. The first kappa shape index (κ1) is 13.2. The van der Waals surface area contributed by atoms with E-state index in [9.17, 15) is 0 Å². The summed E-state index contributed by atoms with van der Waals surface area (Å²) >= 11 is 0. The molecule has 1 aromatic rings. The van der Waals surface area contributed by atoms with Gasteiger partial charge < -0.3 is 5.32 Å². The lowest BCUT2D eigenvalue weighted by Crippen LogP contribution is -2.22. The topological polar surface area (TPSA) is 24.9 Å². The highest BCUT2D eigenvalue weighted by Crippen LogP contribution is 2.22. The maximum Gasteiger partial charge on any atom is 0.0420 e. The van der Waals surface area contributed by atoms with Crippen LogP contribution < -0.4 is 5.32 Å². The molecule has 0 aliphatic heterocycles. The van der Waals surface area contributed by atoms with E-state index < -0.39 is 0 Å². The summed E-state index contributed by atoms with van der Waals surface area (Å²) in [5.74, 6) is 0.762. The van der Waals surface area contributed by atoms with Crippen molar-refractivity contribution in [2.45, 2.75) is 46.6 Å². The van der Waals surface area contributed by atoms with E-state index in [-0.39, 0.29) is 0 Å². The van der Waals surface area contributed by atoms with Gasteiger partial charge >= 0.3 is 0 Å². The van der Waals surface area contributed by atoms with Gasteiger partial charge in [-0.25, -0.2) is 0 Å². The van der Waals surface area contributed by atoms with E-state index in [4.69, 9.17) is 0 Å². The second-order valence-electron chi connectivity index (χ2n) is 4.76. The van der Waals surface area contributed by atoms with Crippen LogP contribution in [0.25, 0.3) is 0 Å². The summed E-state index contributed by atoms with van der Waals surface area (Å²) in [6.45, 7) is 9.82. The Morgan fingerprint density at radius 3 is 2.62 bits per heavy atom. The SMILES string of the molecule is CCNC(CCC(C)C)c1cccnc1C. The Kier molecular flexibility index (Phi) is 5.47. The summed E-state index contributed by atoms with van der Waals surface area (Å²) in [7, 11) is 0. The van der Waals surface area contributed by atoms with Crippen LogP contribution in [0, 0.1) is 12.8 Å². The zero-order valence-electron chi connectivity index (χ0n) is 11.0. The van der Waals surface area contributed by atoms with Gasteiger partial charge in [0.1, 0.15) is 0 Å². The van der Waals surface area contributed by atoms with E-state index in [1.807, 2.05) is 12.3 Å². The van der Waals surface area contributed by atoms with E-state index in [0.29, 0.717) is 6.04 Å². The average Bonchev–Trinajstić information content (AvgIpc) is 2.25. The van der Waals surface area contributed by atoms with E-state index in [1.54, 1.807) is 0 Å². The number of hydrogen-bond donors (Lipinski definition) is 1. The van der Waals surface area contributed by atoms with Crippen molar-refractivity contribution >= 4 is 0 Å². The predicted molar refractivity (Wildman–Crippen MR) is 69.5 cm³/mol. The number of nitrogens with one attached hydrogen (secondary N) is 1. The van der Waals surface area contributed by atoms with E-state index in [1.165, 1.54) is 18.4 Å². The molecule has 0 saturated heterocycles. The number of aryl methyl sites for hydroxylation is 1. The lowest BCUT2D eigenvalue weighted by molar-refractivity contribution is 0.446. The van der Waals surface area contributed by atoms with Gasteiger partial charge in [0.05, 0.1) is 0 Å². The molecule has 0 spiro atoms. The van der Waals surface area contributed by atoms with Crippen LogP contribution in [0.2, 0.25) is 0 Å². The minimum Gasteiger partial charge on any atom is -0.310 e. The Balaban J connectivity index is 2.73.